The Morgan fingerprint density at radius 1 is 1.21 bits per heavy atom. The molecule has 4 aromatic rings. The van der Waals surface area contributed by atoms with Crippen LogP contribution in [0, 0.1) is 5.82 Å². The second kappa shape index (κ2) is 6.18. The average molecular weight is 357 g/mol. The predicted molar refractivity (Wildman–Crippen MR) is 95.4 cm³/mol. The van der Waals surface area contributed by atoms with Gasteiger partial charge < -0.3 is 4.57 Å². The number of nitrogens with zero attached hydrogens (tertiary/aromatic N) is 2. The minimum absolute atomic E-state index is 0.218. The second-order valence-electron chi connectivity index (χ2n) is 5.21. The van der Waals surface area contributed by atoms with Gasteiger partial charge in [-0.2, -0.15) is 0 Å². The summed E-state index contributed by atoms with van der Waals surface area (Å²) in [5.74, 6) is -0.500. The predicted octanol–water partition coefficient (Wildman–Crippen LogP) is 4.60. The van der Waals surface area contributed by atoms with E-state index in [1.807, 2.05) is 28.1 Å². The summed E-state index contributed by atoms with van der Waals surface area (Å²) in [5, 5.41) is 7.15. The fourth-order valence-electron chi connectivity index (χ4n) is 2.60. The number of anilines is 1. The van der Waals surface area contributed by atoms with E-state index in [1.165, 1.54) is 23.5 Å². The van der Waals surface area contributed by atoms with E-state index in [0.29, 0.717) is 17.4 Å². The fraction of sp³-hybridized carbons (Fsp3) is 0.0588. The molecule has 24 heavy (non-hydrogen) atoms. The summed E-state index contributed by atoms with van der Waals surface area (Å²) in [6.45, 7) is 0.429. The molecule has 0 saturated heterocycles. The lowest BCUT2D eigenvalue weighted by molar-refractivity contribution is 0.101. The third kappa shape index (κ3) is 2.83. The Labute approximate surface area is 145 Å². The topological polar surface area (TPSA) is 46.9 Å². The molecule has 0 radical (unpaired) electrons. The Morgan fingerprint density at radius 3 is 2.92 bits per heavy atom. The number of carbonyl (C=O) groups excluding carboxylic acids is 1. The van der Waals surface area contributed by atoms with Gasteiger partial charge in [-0.05, 0) is 35.2 Å². The van der Waals surface area contributed by atoms with Crippen LogP contribution in [0.1, 0.15) is 16.1 Å². The molecule has 0 aliphatic carbocycles. The molecule has 1 N–H and O–H groups in total. The summed E-state index contributed by atoms with van der Waals surface area (Å²) >= 11 is 2.94. The molecule has 4 rings (SSSR count). The van der Waals surface area contributed by atoms with Crippen molar-refractivity contribution < 1.29 is 9.18 Å². The molecule has 4 nitrogen and oxygen atoms in total. The number of benzene rings is 1. The number of nitrogens with one attached hydrogen (secondary N) is 1. The number of hydrogen-bond donors (Lipinski definition) is 1. The molecule has 3 aromatic heterocycles. The van der Waals surface area contributed by atoms with E-state index in [0.717, 1.165) is 15.8 Å². The highest BCUT2D eigenvalue weighted by atomic mass is 32.1. The summed E-state index contributed by atoms with van der Waals surface area (Å²) in [6, 6.07) is 10.3. The third-order valence-corrected chi connectivity index (χ3v) is 5.18. The Hall–Kier alpha value is -2.51. The molecule has 1 amide bonds. The first-order valence-electron chi connectivity index (χ1n) is 7.23. The fourth-order valence-corrected chi connectivity index (χ4v) is 3.95. The molecule has 0 aliphatic heterocycles. The van der Waals surface area contributed by atoms with Crippen molar-refractivity contribution in [3.05, 3.63) is 70.4 Å². The summed E-state index contributed by atoms with van der Waals surface area (Å²) < 4.78 is 16.4. The average Bonchev–Trinajstić information content (AvgIpc) is 3.26. The van der Waals surface area contributed by atoms with Crippen molar-refractivity contribution in [2.45, 2.75) is 6.54 Å². The molecule has 0 saturated carbocycles. The maximum Gasteiger partial charge on any atom is 0.274 e. The van der Waals surface area contributed by atoms with Crippen LogP contribution in [0.25, 0.3) is 10.2 Å². The highest BCUT2D eigenvalue weighted by Gasteiger charge is 2.17. The highest BCUT2D eigenvalue weighted by molar-refractivity contribution is 7.17. The van der Waals surface area contributed by atoms with Crippen LogP contribution in [-0.2, 0) is 6.54 Å². The second-order valence-corrected chi connectivity index (χ2v) is 7.05. The van der Waals surface area contributed by atoms with Crippen molar-refractivity contribution in [2.75, 3.05) is 5.32 Å². The summed E-state index contributed by atoms with van der Waals surface area (Å²) in [5.41, 5.74) is 2.31. The summed E-state index contributed by atoms with van der Waals surface area (Å²) in [6.07, 6.45) is 1.64. The van der Waals surface area contributed by atoms with Crippen LogP contribution in [0.5, 0.6) is 0 Å². The van der Waals surface area contributed by atoms with Crippen molar-refractivity contribution in [1.29, 1.82) is 0 Å². The van der Waals surface area contributed by atoms with Crippen LogP contribution in [0.4, 0.5) is 9.52 Å². The van der Waals surface area contributed by atoms with Crippen LogP contribution in [-0.4, -0.2) is 15.5 Å². The smallest absolute Gasteiger partial charge is 0.274 e. The van der Waals surface area contributed by atoms with Gasteiger partial charge in [0.05, 0.1) is 10.2 Å². The monoisotopic (exact) mass is 357 g/mol. The molecule has 1 aromatic carbocycles. The SMILES string of the molecule is O=C(Nc1nccs1)c1cc2sccc2n1Cc1cccc(F)c1. The Bertz CT molecular complexity index is 1000. The molecule has 120 valence electrons. The van der Waals surface area contributed by atoms with Crippen molar-refractivity contribution in [2.24, 2.45) is 0 Å². The third-order valence-electron chi connectivity index (χ3n) is 3.64. The minimum atomic E-state index is -0.282. The van der Waals surface area contributed by atoms with Gasteiger partial charge >= 0.3 is 0 Å². The molecule has 0 unspecified atom stereocenters. The standard InChI is InChI=1S/C17H12FN3OS2/c18-12-3-1-2-11(8-12)10-21-13-4-6-23-15(13)9-14(21)16(22)20-17-19-5-7-24-17/h1-9H,10H2,(H,19,20,22). The van der Waals surface area contributed by atoms with Gasteiger partial charge in [-0.1, -0.05) is 12.1 Å². The molecule has 0 fully saturated rings. The first kappa shape index (κ1) is 15.0. The Morgan fingerprint density at radius 2 is 2.12 bits per heavy atom. The van der Waals surface area contributed by atoms with Crippen molar-refractivity contribution in [3.8, 4) is 0 Å². The van der Waals surface area contributed by atoms with Gasteiger partial charge in [0.1, 0.15) is 11.5 Å². The van der Waals surface area contributed by atoms with Crippen LogP contribution in [0.15, 0.2) is 53.4 Å². The van der Waals surface area contributed by atoms with Gasteiger partial charge in [0.15, 0.2) is 5.13 Å². The van der Waals surface area contributed by atoms with Gasteiger partial charge in [0.25, 0.3) is 5.91 Å². The number of aromatic nitrogens is 2. The number of fused-ring (bicyclic) bond motifs is 1. The number of rotatable bonds is 4. The maximum absolute atomic E-state index is 13.5. The van der Waals surface area contributed by atoms with Gasteiger partial charge in [0, 0.05) is 18.1 Å². The number of amides is 1. The molecular weight excluding hydrogens is 345 g/mol. The van der Waals surface area contributed by atoms with Crippen LogP contribution in [0.2, 0.25) is 0 Å². The van der Waals surface area contributed by atoms with E-state index in [4.69, 9.17) is 0 Å². The first-order valence-corrected chi connectivity index (χ1v) is 8.98. The summed E-state index contributed by atoms with van der Waals surface area (Å²) in [7, 11) is 0. The zero-order valence-electron chi connectivity index (χ0n) is 12.4. The summed E-state index contributed by atoms with van der Waals surface area (Å²) in [4.78, 5) is 16.7. The number of thiophene rings is 1. The van der Waals surface area contributed by atoms with E-state index in [-0.39, 0.29) is 11.7 Å². The highest BCUT2D eigenvalue weighted by Crippen LogP contribution is 2.27. The zero-order chi connectivity index (χ0) is 16.5. The first-order chi connectivity index (χ1) is 11.7. The van der Waals surface area contributed by atoms with Crippen LogP contribution < -0.4 is 5.32 Å². The molecular formula is C17H12FN3OS2. The van der Waals surface area contributed by atoms with E-state index in [9.17, 15) is 9.18 Å². The lowest BCUT2D eigenvalue weighted by Gasteiger charge is -2.10. The number of hydrogen-bond acceptors (Lipinski definition) is 4. The van der Waals surface area contributed by atoms with Crippen molar-refractivity contribution in [1.82, 2.24) is 9.55 Å². The van der Waals surface area contributed by atoms with E-state index in [1.54, 1.807) is 29.0 Å². The van der Waals surface area contributed by atoms with Gasteiger partial charge in [-0.3, -0.25) is 10.1 Å². The molecule has 7 heteroatoms. The maximum atomic E-state index is 13.5. The Kier molecular flexibility index (Phi) is 3.87. The number of thiazole rings is 1. The van der Waals surface area contributed by atoms with E-state index >= 15 is 0 Å². The van der Waals surface area contributed by atoms with Gasteiger partial charge in [-0.15, -0.1) is 22.7 Å². The molecule has 0 bridgehead atoms. The number of carbonyl (C=O) groups is 1. The molecule has 0 spiro atoms. The molecule has 0 aliphatic rings. The number of halogens is 1. The van der Waals surface area contributed by atoms with E-state index in [2.05, 4.69) is 10.3 Å². The normalized spacial score (nSPS) is 11.0. The van der Waals surface area contributed by atoms with Crippen molar-refractivity contribution >= 4 is 43.9 Å². The Balaban J connectivity index is 1.72. The quantitative estimate of drug-likeness (QED) is 0.580. The van der Waals surface area contributed by atoms with Gasteiger partial charge in [-0.25, -0.2) is 9.37 Å². The molecule has 3 heterocycles. The largest absolute Gasteiger partial charge is 0.331 e. The van der Waals surface area contributed by atoms with Crippen LogP contribution >= 0.6 is 22.7 Å². The van der Waals surface area contributed by atoms with E-state index < -0.39 is 0 Å². The van der Waals surface area contributed by atoms with Gasteiger partial charge in [0.2, 0.25) is 0 Å². The minimum Gasteiger partial charge on any atom is -0.331 e. The lowest BCUT2D eigenvalue weighted by atomic mass is 10.2. The lowest BCUT2D eigenvalue weighted by Crippen LogP contribution is -2.17. The van der Waals surface area contributed by atoms with Crippen molar-refractivity contribution in [3.63, 3.8) is 0 Å². The zero-order valence-corrected chi connectivity index (χ0v) is 14.0. The molecule has 0 atom stereocenters. The van der Waals surface area contributed by atoms with Crippen LogP contribution in [0.3, 0.4) is 0 Å².